The first-order valence-corrected chi connectivity index (χ1v) is 6.37. The molecule has 0 aliphatic rings. The minimum atomic E-state index is -4.40. The van der Waals surface area contributed by atoms with Crippen LogP contribution in [0.2, 0.25) is 0 Å². The Kier molecular flexibility index (Phi) is 5.98. The minimum Gasteiger partial charge on any atom is -0.467 e. The zero-order chi connectivity index (χ0) is 16.1. The van der Waals surface area contributed by atoms with E-state index >= 15 is 0 Å². The number of ether oxygens (including phenoxy) is 2. The van der Waals surface area contributed by atoms with Crippen LogP contribution in [0.3, 0.4) is 0 Å². The van der Waals surface area contributed by atoms with E-state index < -0.39 is 25.4 Å². The topological polar surface area (TPSA) is 30.5 Å². The summed E-state index contributed by atoms with van der Waals surface area (Å²) in [5.74, 6) is -0.153. The normalized spacial score (nSPS) is 12.5. The summed E-state index contributed by atoms with van der Waals surface area (Å²) in [7, 11) is 0. The van der Waals surface area contributed by atoms with Crippen LogP contribution in [0.25, 0.3) is 0 Å². The number of rotatable bonds is 6. The van der Waals surface area contributed by atoms with Crippen molar-refractivity contribution in [2.75, 3.05) is 13.4 Å². The number of halogens is 4. The second-order valence-corrected chi connectivity index (χ2v) is 5.58. The molecule has 0 aromatic heterocycles. The Labute approximate surface area is 121 Å². The second-order valence-electron chi connectivity index (χ2n) is 5.58. The SMILES string of the molecule is CC(C)(C)NCc1cc(F)ccc1OCOCC(F)(F)F. The van der Waals surface area contributed by atoms with Gasteiger partial charge < -0.3 is 14.8 Å². The lowest BCUT2D eigenvalue weighted by Crippen LogP contribution is -2.35. The van der Waals surface area contributed by atoms with Crippen molar-refractivity contribution in [1.82, 2.24) is 5.32 Å². The zero-order valence-electron chi connectivity index (χ0n) is 12.2. The first-order valence-electron chi connectivity index (χ1n) is 6.37. The number of hydrogen-bond acceptors (Lipinski definition) is 3. The Morgan fingerprint density at radius 1 is 1.14 bits per heavy atom. The van der Waals surface area contributed by atoms with Gasteiger partial charge >= 0.3 is 6.18 Å². The molecule has 0 fully saturated rings. The third-order valence-electron chi connectivity index (χ3n) is 2.40. The van der Waals surface area contributed by atoms with Crippen molar-refractivity contribution in [3.05, 3.63) is 29.6 Å². The monoisotopic (exact) mass is 309 g/mol. The average molecular weight is 309 g/mol. The maximum atomic E-state index is 13.2. The fraction of sp³-hybridized carbons (Fsp3) is 0.571. The fourth-order valence-electron chi connectivity index (χ4n) is 1.45. The smallest absolute Gasteiger partial charge is 0.411 e. The molecule has 0 spiro atoms. The Morgan fingerprint density at radius 2 is 1.81 bits per heavy atom. The van der Waals surface area contributed by atoms with Crippen molar-refractivity contribution in [3.63, 3.8) is 0 Å². The average Bonchev–Trinajstić information content (AvgIpc) is 2.31. The van der Waals surface area contributed by atoms with Crippen molar-refractivity contribution >= 4 is 0 Å². The predicted octanol–water partition coefficient (Wildman–Crippen LogP) is 3.63. The van der Waals surface area contributed by atoms with Crippen LogP contribution in [0.5, 0.6) is 5.75 Å². The first kappa shape index (κ1) is 17.7. The largest absolute Gasteiger partial charge is 0.467 e. The summed E-state index contributed by atoms with van der Waals surface area (Å²) in [5, 5.41) is 3.15. The van der Waals surface area contributed by atoms with Crippen LogP contribution in [0.1, 0.15) is 26.3 Å². The van der Waals surface area contributed by atoms with Crippen molar-refractivity contribution in [2.45, 2.75) is 39.0 Å². The van der Waals surface area contributed by atoms with Gasteiger partial charge in [0.2, 0.25) is 0 Å². The molecule has 0 aliphatic carbocycles. The van der Waals surface area contributed by atoms with Gasteiger partial charge in [0.1, 0.15) is 18.2 Å². The molecule has 3 nitrogen and oxygen atoms in total. The number of alkyl halides is 3. The van der Waals surface area contributed by atoms with Gasteiger partial charge in [0, 0.05) is 17.6 Å². The molecule has 0 saturated carbocycles. The third-order valence-corrected chi connectivity index (χ3v) is 2.40. The summed E-state index contributed by atoms with van der Waals surface area (Å²) in [4.78, 5) is 0. The van der Waals surface area contributed by atoms with Crippen LogP contribution in [0, 0.1) is 5.82 Å². The Bertz CT molecular complexity index is 455. The molecule has 1 N–H and O–H groups in total. The van der Waals surface area contributed by atoms with Crippen molar-refractivity contribution in [2.24, 2.45) is 0 Å². The van der Waals surface area contributed by atoms with Gasteiger partial charge in [0.25, 0.3) is 0 Å². The molecule has 1 aromatic carbocycles. The van der Waals surface area contributed by atoms with E-state index in [0.29, 0.717) is 12.1 Å². The first-order chi connectivity index (χ1) is 9.57. The number of hydrogen-bond donors (Lipinski definition) is 1. The Hall–Kier alpha value is -1.34. The Morgan fingerprint density at radius 3 is 2.38 bits per heavy atom. The summed E-state index contributed by atoms with van der Waals surface area (Å²) in [6.07, 6.45) is -4.40. The molecule has 0 unspecified atom stereocenters. The molecule has 1 rings (SSSR count). The van der Waals surface area contributed by atoms with Crippen LogP contribution in [-0.2, 0) is 11.3 Å². The maximum absolute atomic E-state index is 13.2. The van der Waals surface area contributed by atoms with Gasteiger partial charge in [-0.1, -0.05) is 0 Å². The van der Waals surface area contributed by atoms with Gasteiger partial charge in [0.05, 0.1) is 0 Å². The molecule has 0 saturated heterocycles. The Balaban J connectivity index is 2.60. The second kappa shape index (κ2) is 7.09. The highest BCUT2D eigenvalue weighted by Gasteiger charge is 2.27. The van der Waals surface area contributed by atoms with Gasteiger partial charge in [-0.3, -0.25) is 0 Å². The van der Waals surface area contributed by atoms with Gasteiger partial charge in [-0.05, 0) is 39.0 Å². The van der Waals surface area contributed by atoms with Gasteiger partial charge in [-0.15, -0.1) is 0 Å². The molecule has 0 radical (unpaired) electrons. The van der Waals surface area contributed by atoms with Crippen LogP contribution in [-0.4, -0.2) is 25.1 Å². The number of nitrogens with one attached hydrogen (secondary N) is 1. The summed E-state index contributed by atoms with van der Waals surface area (Å²) in [5.41, 5.74) is 0.330. The molecule has 120 valence electrons. The lowest BCUT2D eigenvalue weighted by molar-refractivity contribution is -0.186. The molecule has 0 amide bonds. The van der Waals surface area contributed by atoms with Crippen molar-refractivity contribution in [3.8, 4) is 5.75 Å². The summed E-state index contributed by atoms with van der Waals surface area (Å²) in [6, 6.07) is 3.82. The van der Waals surface area contributed by atoms with E-state index in [-0.39, 0.29) is 11.3 Å². The molecular weight excluding hydrogens is 290 g/mol. The highest BCUT2D eigenvalue weighted by molar-refractivity contribution is 5.34. The standard InChI is InChI=1S/C14H19F4NO2/c1-13(2,3)19-7-10-6-11(15)4-5-12(10)21-9-20-8-14(16,17)18/h4-6,19H,7-9H2,1-3H3. The van der Waals surface area contributed by atoms with Gasteiger partial charge in [-0.2, -0.15) is 13.2 Å². The lowest BCUT2D eigenvalue weighted by Gasteiger charge is -2.21. The van der Waals surface area contributed by atoms with Crippen LogP contribution < -0.4 is 10.1 Å². The molecule has 0 atom stereocenters. The van der Waals surface area contributed by atoms with Crippen LogP contribution >= 0.6 is 0 Å². The number of benzene rings is 1. The quantitative estimate of drug-likeness (QED) is 0.494. The summed E-state index contributed by atoms with van der Waals surface area (Å²) >= 11 is 0. The molecule has 7 heteroatoms. The molecule has 0 heterocycles. The third kappa shape index (κ3) is 7.87. The predicted molar refractivity (Wildman–Crippen MR) is 70.5 cm³/mol. The van der Waals surface area contributed by atoms with E-state index in [1.165, 1.54) is 18.2 Å². The van der Waals surface area contributed by atoms with E-state index in [0.717, 1.165) is 0 Å². The van der Waals surface area contributed by atoms with E-state index in [9.17, 15) is 17.6 Å². The van der Waals surface area contributed by atoms with Crippen LogP contribution in [0.15, 0.2) is 18.2 Å². The summed E-state index contributed by atoms with van der Waals surface area (Å²) < 4.78 is 58.5. The molecular formula is C14H19F4NO2. The highest BCUT2D eigenvalue weighted by Crippen LogP contribution is 2.21. The zero-order valence-corrected chi connectivity index (χ0v) is 12.2. The van der Waals surface area contributed by atoms with E-state index in [2.05, 4.69) is 10.1 Å². The van der Waals surface area contributed by atoms with E-state index in [4.69, 9.17) is 4.74 Å². The molecule has 0 aliphatic heterocycles. The van der Waals surface area contributed by atoms with Gasteiger partial charge in [0.15, 0.2) is 6.79 Å². The van der Waals surface area contributed by atoms with Crippen LogP contribution in [0.4, 0.5) is 17.6 Å². The minimum absolute atomic E-state index is 0.184. The van der Waals surface area contributed by atoms with E-state index in [1.54, 1.807) is 0 Å². The fourth-order valence-corrected chi connectivity index (χ4v) is 1.45. The molecule has 1 aromatic rings. The van der Waals surface area contributed by atoms with E-state index in [1.807, 2.05) is 20.8 Å². The molecule has 21 heavy (non-hydrogen) atoms. The summed E-state index contributed by atoms with van der Waals surface area (Å²) in [6.45, 7) is 4.23. The highest BCUT2D eigenvalue weighted by atomic mass is 19.4. The lowest BCUT2D eigenvalue weighted by atomic mass is 10.1. The van der Waals surface area contributed by atoms with Gasteiger partial charge in [-0.25, -0.2) is 4.39 Å². The molecule has 0 bridgehead atoms. The maximum Gasteiger partial charge on any atom is 0.411 e. The van der Waals surface area contributed by atoms with Crippen molar-refractivity contribution in [1.29, 1.82) is 0 Å². The van der Waals surface area contributed by atoms with Crippen molar-refractivity contribution < 1.29 is 27.0 Å².